The second kappa shape index (κ2) is 7.45. The summed E-state index contributed by atoms with van der Waals surface area (Å²) in [5.74, 6) is 0. The fourth-order valence-corrected chi connectivity index (χ4v) is 0.575. The third-order valence-electron chi connectivity index (χ3n) is 1.27. The molecular weight excluding hydrogens is 160 g/mol. The van der Waals surface area contributed by atoms with E-state index in [9.17, 15) is 0 Å². The summed E-state index contributed by atoms with van der Waals surface area (Å²) in [6.07, 6.45) is -0.590. The molecule has 4 N–H and O–H groups in total. The summed E-state index contributed by atoms with van der Waals surface area (Å²) in [7, 11) is 1.53. The molecular formula is C7H18N2O3. The minimum Gasteiger partial charge on any atom is -0.388 e. The Labute approximate surface area is 72.8 Å². The van der Waals surface area contributed by atoms with Gasteiger partial charge in [0.25, 0.3) is 0 Å². The number of aliphatic hydroxyl groups is 1. The molecule has 0 bridgehead atoms. The molecule has 5 nitrogen and oxygen atoms in total. The molecule has 0 rings (SSSR count). The first-order valence-electron chi connectivity index (χ1n) is 3.95. The normalized spacial score (nSPS) is 16.0. The maximum atomic E-state index is 9.11. The molecule has 0 spiro atoms. The highest BCUT2D eigenvalue weighted by atomic mass is 16.7. The van der Waals surface area contributed by atoms with E-state index in [1.54, 1.807) is 0 Å². The Hall–Kier alpha value is -0.200. The Kier molecular flexibility index (Phi) is 7.33. The fraction of sp³-hybridized carbons (Fsp3) is 1.00. The van der Waals surface area contributed by atoms with E-state index in [1.807, 2.05) is 6.92 Å². The molecule has 74 valence electrons. The lowest BCUT2D eigenvalue weighted by atomic mass is 10.4. The van der Waals surface area contributed by atoms with E-state index in [0.29, 0.717) is 6.54 Å². The molecule has 0 radical (unpaired) electrons. The number of hydroxylamine groups is 1. The molecule has 0 heterocycles. The van der Waals surface area contributed by atoms with E-state index >= 15 is 0 Å². The van der Waals surface area contributed by atoms with Gasteiger partial charge in [0.2, 0.25) is 0 Å². The predicted molar refractivity (Wildman–Crippen MR) is 45.5 cm³/mol. The molecule has 0 aliphatic carbocycles. The van der Waals surface area contributed by atoms with Gasteiger partial charge in [0.1, 0.15) is 6.10 Å². The van der Waals surface area contributed by atoms with E-state index in [4.69, 9.17) is 20.4 Å². The summed E-state index contributed by atoms with van der Waals surface area (Å²) in [5.41, 5.74) is 8.00. The van der Waals surface area contributed by atoms with Crippen LogP contribution in [0.1, 0.15) is 6.92 Å². The lowest BCUT2D eigenvalue weighted by Gasteiger charge is -2.13. The Morgan fingerprint density at radius 1 is 1.50 bits per heavy atom. The first-order valence-corrected chi connectivity index (χ1v) is 3.95. The molecule has 0 aromatic rings. The molecule has 0 aliphatic rings. The molecule has 0 fully saturated rings. The zero-order chi connectivity index (χ0) is 9.40. The molecule has 0 saturated carbocycles. The smallest absolute Gasteiger partial charge is 0.103 e. The van der Waals surface area contributed by atoms with Crippen LogP contribution in [0.25, 0.3) is 0 Å². The Morgan fingerprint density at radius 2 is 2.17 bits per heavy atom. The van der Waals surface area contributed by atoms with Crippen molar-refractivity contribution in [2.24, 2.45) is 5.73 Å². The van der Waals surface area contributed by atoms with Crippen molar-refractivity contribution in [2.45, 2.75) is 19.1 Å². The van der Waals surface area contributed by atoms with Gasteiger partial charge in [-0.15, -0.1) is 0 Å². The first-order chi connectivity index (χ1) is 5.70. The predicted octanol–water partition coefficient (Wildman–Crippen LogP) is -1.14. The minimum atomic E-state index is -0.590. The second-order valence-electron chi connectivity index (χ2n) is 2.67. The third-order valence-corrected chi connectivity index (χ3v) is 1.27. The summed E-state index contributed by atoms with van der Waals surface area (Å²) in [6.45, 7) is 2.87. The van der Waals surface area contributed by atoms with E-state index in [2.05, 4.69) is 5.48 Å². The van der Waals surface area contributed by atoms with Crippen LogP contribution in [0.4, 0.5) is 0 Å². The van der Waals surface area contributed by atoms with Crippen LogP contribution < -0.4 is 11.2 Å². The topological polar surface area (TPSA) is 76.7 Å². The van der Waals surface area contributed by atoms with Crippen molar-refractivity contribution in [1.82, 2.24) is 5.48 Å². The van der Waals surface area contributed by atoms with Crippen molar-refractivity contribution in [3.8, 4) is 0 Å². The van der Waals surface area contributed by atoms with Gasteiger partial charge in [0.15, 0.2) is 0 Å². The Bertz CT molecular complexity index is 103. The maximum absolute atomic E-state index is 9.11. The highest BCUT2D eigenvalue weighted by molar-refractivity contribution is 4.54. The average molecular weight is 178 g/mol. The van der Waals surface area contributed by atoms with Crippen LogP contribution in [0.3, 0.4) is 0 Å². The SMILES string of the molecule is COCC(O)CONC(C)CN. The average Bonchev–Trinajstić information content (AvgIpc) is 2.04. The lowest BCUT2D eigenvalue weighted by Crippen LogP contribution is -2.36. The highest BCUT2D eigenvalue weighted by Gasteiger charge is 2.04. The van der Waals surface area contributed by atoms with Gasteiger partial charge in [-0.25, -0.2) is 0 Å². The summed E-state index contributed by atoms with van der Waals surface area (Å²) in [6, 6.07) is 0.0970. The van der Waals surface area contributed by atoms with Crippen LogP contribution in [0.2, 0.25) is 0 Å². The van der Waals surface area contributed by atoms with Crippen molar-refractivity contribution in [2.75, 3.05) is 26.9 Å². The van der Waals surface area contributed by atoms with E-state index < -0.39 is 6.10 Å². The number of methoxy groups -OCH3 is 1. The summed E-state index contributed by atoms with van der Waals surface area (Å²) >= 11 is 0. The Morgan fingerprint density at radius 3 is 2.67 bits per heavy atom. The summed E-state index contributed by atoms with van der Waals surface area (Å²) in [5, 5.41) is 9.11. The van der Waals surface area contributed by atoms with Gasteiger partial charge in [0, 0.05) is 19.7 Å². The standard InChI is InChI=1S/C7H18N2O3/c1-6(3-8)9-12-5-7(10)4-11-2/h6-7,9-10H,3-5,8H2,1-2H3. The van der Waals surface area contributed by atoms with Gasteiger partial charge in [0.05, 0.1) is 13.2 Å². The van der Waals surface area contributed by atoms with Gasteiger partial charge in [-0.1, -0.05) is 0 Å². The zero-order valence-corrected chi connectivity index (χ0v) is 7.62. The van der Waals surface area contributed by atoms with Crippen LogP contribution >= 0.6 is 0 Å². The van der Waals surface area contributed by atoms with Gasteiger partial charge in [-0.05, 0) is 6.92 Å². The monoisotopic (exact) mass is 178 g/mol. The molecule has 2 atom stereocenters. The van der Waals surface area contributed by atoms with E-state index in [1.165, 1.54) is 7.11 Å². The molecule has 5 heteroatoms. The quantitative estimate of drug-likeness (QED) is 0.430. The number of ether oxygens (including phenoxy) is 1. The maximum Gasteiger partial charge on any atom is 0.103 e. The van der Waals surface area contributed by atoms with Gasteiger partial charge >= 0.3 is 0 Å². The molecule has 0 aromatic carbocycles. The largest absolute Gasteiger partial charge is 0.388 e. The first kappa shape index (κ1) is 11.8. The summed E-state index contributed by atoms with van der Waals surface area (Å²) in [4.78, 5) is 4.94. The van der Waals surface area contributed by atoms with Crippen molar-refractivity contribution in [1.29, 1.82) is 0 Å². The molecule has 0 aromatic heterocycles. The van der Waals surface area contributed by atoms with Crippen LogP contribution in [0.15, 0.2) is 0 Å². The summed E-state index contributed by atoms with van der Waals surface area (Å²) < 4.78 is 4.71. The van der Waals surface area contributed by atoms with Crippen LogP contribution in [0.5, 0.6) is 0 Å². The van der Waals surface area contributed by atoms with Crippen molar-refractivity contribution in [3.05, 3.63) is 0 Å². The second-order valence-corrected chi connectivity index (χ2v) is 2.67. The molecule has 2 unspecified atom stereocenters. The number of hydrogen-bond acceptors (Lipinski definition) is 5. The van der Waals surface area contributed by atoms with Crippen molar-refractivity contribution < 1.29 is 14.7 Å². The van der Waals surface area contributed by atoms with Crippen LogP contribution in [-0.2, 0) is 9.57 Å². The van der Waals surface area contributed by atoms with Gasteiger partial charge in [-0.2, -0.15) is 5.48 Å². The number of aliphatic hydroxyl groups excluding tert-OH is 1. The molecule has 0 aliphatic heterocycles. The van der Waals surface area contributed by atoms with E-state index in [0.717, 1.165) is 0 Å². The van der Waals surface area contributed by atoms with Gasteiger partial charge in [-0.3, -0.25) is 4.84 Å². The number of nitrogens with one attached hydrogen (secondary N) is 1. The number of rotatable bonds is 7. The fourth-order valence-electron chi connectivity index (χ4n) is 0.575. The number of hydrogen-bond donors (Lipinski definition) is 3. The highest BCUT2D eigenvalue weighted by Crippen LogP contribution is 1.85. The third kappa shape index (κ3) is 6.51. The minimum absolute atomic E-state index is 0.0970. The molecule has 12 heavy (non-hydrogen) atoms. The van der Waals surface area contributed by atoms with Crippen molar-refractivity contribution >= 4 is 0 Å². The van der Waals surface area contributed by atoms with Crippen LogP contribution in [-0.4, -0.2) is 44.1 Å². The molecule has 0 amide bonds. The van der Waals surface area contributed by atoms with Crippen molar-refractivity contribution in [3.63, 3.8) is 0 Å². The zero-order valence-electron chi connectivity index (χ0n) is 7.62. The lowest BCUT2D eigenvalue weighted by molar-refractivity contribution is -0.0526. The Balaban J connectivity index is 3.18. The number of nitrogens with two attached hydrogens (primary N) is 1. The van der Waals surface area contributed by atoms with Crippen LogP contribution in [0, 0.1) is 0 Å². The van der Waals surface area contributed by atoms with Gasteiger partial charge < -0.3 is 15.6 Å². The van der Waals surface area contributed by atoms with E-state index in [-0.39, 0.29) is 19.3 Å². The molecule has 0 saturated heterocycles.